The maximum atomic E-state index is 12.2. The molecule has 5 rings (SSSR count). The smallest absolute Gasteiger partial charge is 0.398 e. The van der Waals surface area contributed by atoms with Crippen molar-refractivity contribution in [1.29, 1.82) is 0 Å². The fourth-order valence-electron chi connectivity index (χ4n) is 4.56. The Morgan fingerprint density at radius 3 is 2.89 bits per heavy atom. The number of nitrogens with one attached hydrogen (secondary N) is 1. The number of esters is 1. The summed E-state index contributed by atoms with van der Waals surface area (Å²) in [6, 6.07) is 2.28. The highest BCUT2D eigenvalue weighted by molar-refractivity contribution is 6.31. The normalized spacial score (nSPS) is 19.6. The Labute approximate surface area is 201 Å². The number of amides is 1. The molecule has 2 aliphatic heterocycles. The van der Waals surface area contributed by atoms with Crippen LogP contribution >= 0.6 is 0 Å². The van der Waals surface area contributed by atoms with E-state index in [9.17, 15) is 9.59 Å². The van der Waals surface area contributed by atoms with Crippen LogP contribution in [-0.4, -0.2) is 75.0 Å². The van der Waals surface area contributed by atoms with Gasteiger partial charge in [0.25, 0.3) is 5.88 Å². The molecule has 1 saturated heterocycles. The van der Waals surface area contributed by atoms with Crippen molar-refractivity contribution in [2.75, 3.05) is 36.0 Å². The Balaban J connectivity index is 1.63. The molecule has 13 nitrogen and oxygen atoms in total. The number of rotatable bonds is 5. The number of piperazine rings is 1. The van der Waals surface area contributed by atoms with Gasteiger partial charge in [-0.05, 0) is 26.8 Å². The minimum absolute atomic E-state index is 0.283. The van der Waals surface area contributed by atoms with E-state index in [0.717, 1.165) is 30.9 Å². The molecule has 3 aromatic rings. The summed E-state index contributed by atoms with van der Waals surface area (Å²) in [4.78, 5) is 41.3. The minimum atomic E-state index is -1.17. The summed E-state index contributed by atoms with van der Waals surface area (Å²) in [5.74, 6) is -0.515. The lowest BCUT2D eigenvalue weighted by Crippen LogP contribution is -2.49. The summed E-state index contributed by atoms with van der Waals surface area (Å²) < 4.78 is 12.8. The topological polar surface area (TPSA) is 153 Å². The summed E-state index contributed by atoms with van der Waals surface area (Å²) in [6.07, 6.45) is 2.80. The number of fused-ring (bicyclic) bond motifs is 2. The van der Waals surface area contributed by atoms with Gasteiger partial charge in [0.15, 0.2) is 12.0 Å². The van der Waals surface area contributed by atoms with Gasteiger partial charge in [-0.3, -0.25) is 9.69 Å². The molecule has 0 radical (unpaired) electrons. The standard InChI is InChI=1S/C22H27N9O4/c1-4-34-21-20-26-13(3)28-30(20)11-16(27-21)31-17(35-22(33)18(23)32)9-14-15(5-6-25-19(14)31)29-8-7-24-12(2)10-29/h5-6,11-12,17,24H,4,7-10H2,1-3H3,(H2,23,32)/t12-,17?/m1/s1. The molecular weight excluding hydrogens is 454 g/mol. The van der Waals surface area contributed by atoms with Crippen LogP contribution in [0.15, 0.2) is 18.5 Å². The van der Waals surface area contributed by atoms with Crippen molar-refractivity contribution in [3.63, 3.8) is 0 Å². The van der Waals surface area contributed by atoms with E-state index in [4.69, 9.17) is 15.2 Å². The molecule has 0 bridgehead atoms. The molecule has 0 saturated carbocycles. The number of ether oxygens (including phenoxy) is 2. The van der Waals surface area contributed by atoms with Gasteiger partial charge in [0.1, 0.15) is 11.6 Å². The van der Waals surface area contributed by atoms with Gasteiger partial charge in [0.2, 0.25) is 5.65 Å². The van der Waals surface area contributed by atoms with Crippen LogP contribution < -0.4 is 25.6 Å². The van der Waals surface area contributed by atoms with E-state index in [1.165, 1.54) is 0 Å². The molecule has 35 heavy (non-hydrogen) atoms. The molecule has 1 fully saturated rings. The van der Waals surface area contributed by atoms with Crippen LogP contribution in [0.3, 0.4) is 0 Å². The monoisotopic (exact) mass is 481 g/mol. The van der Waals surface area contributed by atoms with E-state index in [0.29, 0.717) is 42.2 Å². The lowest BCUT2D eigenvalue weighted by atomic mass is 10.1. The Kier molecular flexibility index (Phi) is 5.84. The number of nitrogens with two attached hydrogens (primary N) is 1. The number of primary amides is 1. The highest BCUT2D eigenvalue weighted by Gasteiger charge is 2.39. The fourth-order valence-corrected chi connectivity index (χ4v) is 4.56. The zero-order valence-corrected chi connectivity index (χ0v) is 19.8. The summed E-state index contributed by atoms with van der Waals surface area (Å²) in [5, 5.41) is 7.84. The molecule has 13 heteroatoms. The third kappa shape index (κ3) is 4.18. The first-order valence-electron chi connectivity index (χ1n) is 11.5. The van der Waals surface area contributed by atoms with E-state index in [-0.39, 0.29) is 5.88 Å². The van der Waals surface area contributed by atoms with Crippen molar-refractivity contribution in [3.05, 3.63) is 29.8 Å². The van der Waals surface area contributed by atoms with Crippen molar-refractivity contribution in [1.82, 2.24) is 29.9 Å². The second-order valence-electron chi connectivity index (χ2n) is 8.50. The molecule has 1 amide bonds. The molecular formula is C22H27N9O4. The maximum Gasteiger partial charge on any atom is 0.398 e. The molecule has 1 unspecified atom stereocenters. The molecule has 0 aliphatic carbocycles. The molecule has 184 valence electrons. The van der Waals surface area contributed by atoms with Crippen molar-refractivity contribution in [3.8, 4) is 5.88 Å². The molecule has 0 aromatic carbocycles. The van der Waals surface area contributed by atoms with Gasteiger partial charge in [0, 0.05) is 49.5 Å². The van der Waals surface area contributed by atoms with Gasteiger partial charge < -0.3 is 25.4 Å². The van der Waals surface area contributed by atoms with Gasteiger partial charge in [0.05, 0.1) is 12.8 Å². The molecule has 0 spiro atoms. The van der Waals surface area contributed by atoms with Crippen LogP contribution in [0.1, 0.15) is 25.2 Å². The fraction of sp³-hybridized carbons (Fsp3) is 0.455. The van der Waals surface area contributed by atoms with Crippen LogP contribution in [-0.2, 0) is 20.7 Å². The first-order chi connectivity index (χ1) is 16.9. The lowest BCUT2D eigenvalue weighted by molar-refractivity contribution is -0.157. The van der Waals surface area contributed by atoms with Gasteiger partial charge >= 0.3 is 11.9 Å². The van der Waals surface area contributed by atoms with Crippen molar-refractivity contribution in [2.24, 2.45) is 5.73 Å². The van der Waals surface area contributed by atoms with E-state index in [1.54, 1.807) is 28.7 Å². The second-order valence-corrected chi connectivity index (χ2v) is 8.50. The van der Waals surface area contributed by atoms with E-state index >= 15 is 0 Å². The van der Waals surface area contributed by atoms with E-state index in [2.05, 4.69) is 37.2 Å². The first kappa shape index (κ1) is 22.8. The Bertz CT molecular complexity index is 1290. The summed E-state index contributed by atoms with van der Waals surface area (Å²) in [5.41, 5.74) is 7.53. The van der Waals surface area contributed by atoms with E-state index < -0.39 is 18.1 Å². The third-order valence-electron chi connectivity index (χ3n) is 5.97. The second kappa shape index (κ2) is 8.98. The van der Waals surface area contributed by atoms with E-state index in [1.807, 2.05) is 13.0 Å². The average molecular weight is 482 g/mol. The summed E-state index contributed by atoms with van der Waals surface area (Å²) >= 11 is 0. The minimum Gasteiger partial charge on any atom is -0.475 e. The Hall–Kier alpha value is -4.00. The van der Waals surface area contributed by atoms with Crippen LogP contribution in [0.4, 0.5) is 17.3 Å². The van der Waals surface area contributed by atoms with Gasteiger partial charge in [-0.1, -0.05) is 0 Å². The maximum absolute atomic E-state index is 12.2. The number of pyridine rings is 1. The Morgan fingerprint density at radius 2 is 2.14 bits per heavy atom. The number of anilines is 3. The Morgan fingerprint density at radius 1 is 1.31 bits per heavy atom. The van der Waals surface area contributed by atoms with Crippen molar-refractivity contribution >= 4 is 34.8 Å². The number of carbonyl (C=O) groups is 2. The predicted molar refractivity (Wildman–Crippen MR) is 126 cm³/mol. The summed E-state index contributed by atoms with van der Waals surface area (Å²) in [6.45, 7) is 8.61. The zero-order chi connectivity index (χ0) is 24.7. The van der Waals surface area contributed by atoms with Gasteiger partial charge in [-0.25, -0.2) is 19.3 Å². The SMILES string of the molecule is CCOc1nc(N2c3nccc(N4CCN[C@H](C)C4)c3CC2OC(=O)C(N)=O)cn2nc(C)nc12. The molecule has 2 aliphatic rings. The van der Waals surface area contributed by atoms with Gasteiger partial charge in [-0.15, -0.1) is 0 Å². The van der Waals surface area contributed by atoms with Crippen LogP contribution in [0.2, 0.25) is 0 Å². The van der Waals surface area contributed by atoms with Crippen molar-refractivity contribution < 1.29 is 19.1 Å². The number of carbonyl (C=O) groups excluding carboxylic acids is 2. The van der Waals surface area contributed by atoms with Crippen LogP contribution in [0, 0.1) is 6.92 Å². The molecule has 5 heterocycles. The molecule has 3 aromatic heterocycles. The van der Waals surface area contributed by atoms with Crippen LogP contribution in [0.5, 0.6) is 5.88 Å². The molecule has 2 atom stereocenters. The average Bonchev–Trinajstić information content (AvgIpc) is 3.38. The van der Waals surface area contributed by atoms with Gasteiger partial charge in [-0.2, -0.15) is 10.1 Å². The number of nitrogens with zero attached hydrogens (tertiary/aromatic N) is 7. The van der Waals surface area contributed by atoms with Crippen molar-refractivity contribution in [2.45, 2.75) is 39.5 Å². The lowest BCUT2D eigenvalue weighted by Gasteiger charge is -2.34. The molecule has 3 N–H and O–H groups in total. The number of hydrogen-bond donors (Lipinski definition) is 2. The predicted octanol–water partition coefficient (Wildman–Crippen LogP) is 0.0733. The highest BCUT2D eigenvalue weighted by atomic mass is 16.6. The quantitative estimate of drug-likeness (QED) is 0.376. The number of hydrogen-bond acceptors (Lipinski definition) is 11. The third-order valence-corrected chi connectivity index (χ3v) is 5.97. The largest absolute Gasteiger partial charge is 0.475 e. The summed E-state index contributed by atoms with van der Waals surface area (Å²) in [7, 11) is 0. The zero-order valence-electron chi connectivity index (χ0n) is 19.8. The highest BCUT2D eigenvalue weighted by Crippen LogP contribution is 2.42. The number of aryl methyl sites for hydroxylation is 1. The first-order valence-corrected chi connectivity index (χ1v) is 11.5. The van der Waals surface area contributed by atoms with Crippen LogP contribution in [0.25, 0.3) is 5.65 Å². The number of aromatic nitrogens is 5.